The Morgan fingerprint density at radius 1 is 1.14 bits per heavy atom. The molecule has 7 nitrogen and oxygen atoms in total. The van der Waals surface area contributed by atoms with E-state index in [4.69, 9.17) is 0 Å². The summed E-state index contributed by atoms with van der Waals surface area (Å²) in [6, 6.07) is 13.0. The molecule has 0 aliphatic rings. The number of nitrogens with one attached hydrogen (secondary N) is 1. The van der Waals surface area contributed by atoms with E-state index in [2.05, 4.69) is 40.5 Å². The summed E-state index contributed by atoms with van der Waals surface area (Å²) in [7, 11) is 0. The van der Waals surface area contributed by atoms with Crippen LogP contribution in [0.5, 0.6) is 0 Å². The Morgan fingerprint density at radius 2 is 1.96 bits per heavy atom. The standard InChI is InChI=1S/C20H17N5O2S/c1-12-7-8-14(9-13(12)2)17-11-28-20(21-17)22-18(26)10-25-19(27)15-5-3-4-6-16(15)23-24-25/h3-9,11H,10H2,1-2H3,(H,21,22,26). The number of thiazole rings is 1. The number of carbonyl (C=O) groups excluding carboxylic acids is 1. The van der Waals surface area contributed by atoms with Crippen LogP contribution in [0.1, 0.15) is 11.1 Å². The number of amides is 1. The van der Waals surface area contributed by atoms with Crippen molar-refractivity contribution in [2.24, 2.45) is 0 Å². The van der Waals surface area contributed by atoms with Crippen LogP contribution in [-0.4, -0.2) is 25.9 Å². The highest BCUT2D eigenvalue weighted by Gasteiger charge is 2.12. The maximum atomic E-state index is 12.4. The predicted octanol–water partition coefficient (Wildman–Crippen LogP) is 3.17. The van der Waals surface area contributed by atoms with Crippen molar-refractivity contribution in [1.82, 2.24) is 20.0 Å². The summed E-state index contributed by atoms with van der Waals surface area (Å²) < 4.78 is 1.05. The van der Waals surface area contributed by atoms with Gasteiger partial charge in [0.2, 0.25) is 5.91 Å². The molecular formula is C20H17N5O2S. The number of aromatic nitrogens is 4. The van der Waals surface area contributed by atoms with Gasteiger partial charge < -0.3 is 5.32 Å². The minimum atomic E-state index is -0.382. The molecule has 4 rings (SSSR count). The van der Waals surface area contributed by atoms with E-state index in [0.29, 0.717) is 16.0 Å². The molecule has 0 bridgehead atoms. The lowest BCUT2D eigenvalue weighted by Gasteiger charge is -2.05. The van der Waals surface area contributed by atoms with Gasteiger partial charge in [-0.25, -0.2) is 9.67 Å². The van der Waals surface area contributed by atoms with E-state index in [-0.39, 0.29) is 18.0 Å². The molecule has 1 amide bonds. The van der Waals surface area contributed by atoms with E-state index < -0.39 is 0 Å². The Kier molecular flexibility index (Phi) is 4.70. The molecule has 4 aromatic rings. The van der Waals surface area contributed by atoms with Crippen molar-refractivity contribution in [1.29, 1.82) is 0 Å². The largest absolute Gasteiger partial charge is 0.300 e. The van der Waals surface area contributed by atoms with Gasteiger partial charge in [-0.3, -0.25) is 9.59 Å². The van der Waals surface area contributed by atoms with Gasteiger partial charge in [-0.05, 0) is 43.2 Å². The predicted molar refractivity (Wildman–Crippen MR) is 109 cm³/mol. The highest BCUT2D eigenvalue weighted by atomic mass is 32.1. The van der Waals surface area contributed by atoms with E-state index >= 15 is 0 Å². The minimum absolute atomic E-state index is 0.227. The van der Waals surface area contributed by atoms with Crippen molar-refractivity contribution in [3.05, 3.63) is 69.3 Å². The van der Waals surface area contributed by atoms with Gasteiger partial charge in [0.15, 0.2) is 5.13 Å². The number of fused-ring (bicyclic) bond motifs is 1. The highest BCUT2D eigenvalue weighted by Crippen LogP contribution is 2.26. The number of rotatable bonds is 4. The number of hydrogen-bond acceptors (Lipinski definition) is 6. The lowest BCUT2D eigenvalue weighted by molar-refractivity contribution is -0.117. The summed E-state index contributed by atoms with van der Waals surface area (Å²) in [6.07, 6.45) is 0. The average molecular weight is 391 g/mol. The number of anilines is 1. The van der Waals surface area contributed by atoms with Gasteiger partial charge in [0.25, 0.3) is 5.56 Å². The molecule has 0 spiro atoms. The molecule has 0 saturated heterocycles. The van der Waals surface area contributed by atoms with Gasteiger partial charge in [0.05, 0.1) is 11.1 Å². The third-order valence-corrected chi connectivity index (χ3v) is 5.23. The van der Waals surface area contributed by atoms with Crippen molar-refractivity contribution in [2.75, 3.05) is 5.32 Å². The van der Waals surface area contributed by atoms with Gasteiger partial charge >= 0.3 is 0 Å². The van der Waals surface area contributed by atoms with Gasteiger partial charge in [0, 0.05) is 10.9 Å². The van der Waals surface area contributed by atoms with E-state index in [1.165, 1.54) is 22.5 Å². The smallest absolute Gasteiger partial charge is 0.278 e. The Balaban J connectivity index is 1.50. The molecule has 0 fully saturated rings. The molecule has 0 aliphatic carbocycles. The summed E-state index contributed by atoms with van der Waals surface area (Å²) in [4.78, 5) is 29.2. The Morgan fingerprint density at radius 3 is 2.79 bits per heavy atom. The van der Waals surface area contributed by atoms with Crippen LogP contribution < -0.4 is 10.9 Å². The van der Waals surface area contributed by atoms with E-state index in [1.807, 2.05) is 17.5 Å². The summed E-state index contributed by atoms with van der Waals surface area (Å²) in [5.41, 5.74) is 4.35. The van der Waals surface area contributed by atoms with Gasteiger partial charge in [0.1, 0.15) is 12.1 Å². The van der Waals surface area contributed by atoms with Crippen molar-refractivity contribution in [2.45, 2.75) is 20.4 Å². The Hall–Kier alpha value is -3.39. The molecule has 0 radical (unpaired) electrons. The van der Waals surface area contributed by atoms with Crippen LogP contribution in [0, 0.1) is 13.8 Å². The molecule has 1 N–H and O–H groups in total. The van der Waals surface area contributed by atoms with Crippen LogP contribution in [0.3, 0.4) is 0 Å². The van der Waals surface area contributed by atoms with Crippen molar-refractivity contribution >= 4 is 33.3 Å². The van der Waals surface area contributed by atoms with Crippen LogP contribution >= 0.6 is 11.3 Å². The van der Waals surface area contributed by atoms with Crippen LogP contribution in [0.2, 0.25) is 0 Å². The van der Waals surface area contributed by atoms with E-state index in [0.717, 1.165) is 15.9 Å². The second-order valence-electron chi connectivity index (χ2n) is 6.45. The average Bonchev–Trinajstić information content (AvgIpc) is 3.15. The molecule has 140 valence electrons. The molecule has 0 aliphatic heterocycles. The summed E-state index contributed by atoms with van der Waals surface area (Å²) in [6.45, 7) is 3.88. The Bertz CT molecular complexity index is 1240. The molecule has 0 unspecified atom stereocenters. The fraction of sp³-hybridized carbons (Fsp3) is 0.150. The van der Waals surface area contributed by atoms with Gasteiger partial charge in [-0.1, -0.05) is 29.5 Å². The molecular weight excluding hydrogens is 374 g/mol. The number of nitrogens with zero attached hydrogens (tertiary/aromatic N) is 4. The molecule has 0 atom stereocenters. The topological polar surface area (TPSA) is 89.8 Å². The van der Waals surface area contributed by atoms with Crippen molar-refractivity contribution < 1.29 is 4.79 Å². The molecule has 28 heavy (non-hydrogen) atoms. The van der Waals surface area contributed by atoms with Crippen LogP contribution in [0.25, 0.3) is 22.2 Å². The zero-order valence-corrected chi connectivity index (χ0v) is 16.2. The maximum Gasteiger partial charge on any atom is 0.278 e. The highest BCUT2D eigenvalue weighted by molar-refractivity contribution is 7.14. The Labute approximate surface area is 164 Å². The SMILES string of the molecule is Cc1ccc(-c2csc(NC(=O)Cn3nnc4ccccc4c3=O)n2)cc1C. The second kappa shape index (κ2) is 7.32. The first kappa shape index (κ1) is 18.0. The molecule has 0 saturated carbocycles. The first-order valence-corrected chi connectivity index (χ1v) is 9.55. The number of carbonyl (C=O) groups is 1. The molecule has 2 aromatic carbocycles. The fourth-order valence-electron chi connectivity index (χ4n) is 2.79. The van der Waals surface area contributed by atoms with Crippen LogP contribution in [-0.2, 0) is 11.3 Å². The number of aryl methyl sites for hydroxylation is 2. The van der Waals surface area contributed by atoms with E-state index in [9.17, 15) is 9.59 Å². The first-order chi connectivity index (χ1) is 13.5. The zero-order chi connectivity index (χ0) is 19.7. The molecule has 2 aromatic heterocycles. The van der Waals surface area contributed by atoms with Crippen molar-refractivity contribution in [3.8, 4) is 11.3 Å². The van der Waals surface area contributed by atoms with E-state index in [1.54, 1.807) is 24.3 Å². The lowest BCUT2D eigenvalue weighted by Crippen LogP contribution is -2.30. The van der Waals surface area contributed by atoms with Gasteiger partial charge in [-0.15, -0.1) is 16.4 Å². The fourth-order valence-corrected chi connectivity index (χ4v) is 3.52. The first-order valence-electron chi connectivity index (χ1n) is 8.67. The lowest BCUT2D eigenvalue weighted by atomic mass is 10.1. The number of hydrogen-bond donors (Lipinski definition) is 1. The number of benzene rings is 2. The van der Waals surface area contributed by atoms with Gasteiger partial charge in [-0.2, -0.15) is 0 Å². The quantitative estimate of drug-likeness (QED) is 0.577. The van der Waals surface area contributed by atoms with Crippen LogP contribution in [0.15, 0.2) is 52.6 Å². The summed E-state index contributed by atoms with van der Waals surface area (Å²) >= 11 is 1.33. The maximum absolute atomic E-state index is 12.4. The summed E-state index contributed by atoms with van der Waals surface area (Å²) in [5.74, 6) is -0.382. The summed E-state index contributed by atoms with van der Waals surface area (Å²) in [5, 5.41) is 13.3. The monoisotopic (exact) mass is 391 g/mol. The third kappa shape index (κ3) is 3.54. The van der Waals surface area contributed by atoms with Crippen LogP contribution in [0.4, 0.5) is 5.13 Å². The third-order valence-electron chi connectivity index (χ3n) is 4.48. The molecule has 8 heteroatoms. The second-order valence-corrected chi connectivity index (χ2v) is 7.31. The normalized spacial score (nSPS) is 10.9. The zero-order valence-electron chi connectivity index (χ0n) is 15.3. The van der Waals surface area contributed by atoms with Crippen molar-refractivity contribution in [3.63, 3.8) is 0 Å². The minimum Gasteiger partial charge on any atom is -0.300 e. The molecule has 2 heterocycles.